The highest BCUT2D eigenvalue weighted by Gasteiger charge is 2.23. The molecule has 2 amide bonds. The Bertz CT molecular complexity index is 868. The lowest BCUT2D eigenvalue weighted by molar-refractivity contribution is 0.0245. The monoisotopic (exact) mass is 417 g/mol. The quantitative estimate of drug-likeness (QED) is 0.665. The van der Waals surface area contributed by atoms with Crippen LogP contribution in [0.4, 0.5) is 10.5 Å². The van der Waals surface area contributed by atoms with E-state index in [0.29, 0.717) is 23.7 Å². The minimum atomic E-state index is -0.559. The van der Waals surface area contributed by atoms with Crippen LogP contribution in [0.1, 0.15) is 73.4 Å². The number of thiazole rings is 1. The summed E-state index contributed by atoms with van der Waals surface area (Å²) in [5, 5.41) is 3.94. The summed E-state index contributed by atoms with van der Waals surface area (Å²) in [5.41, 5.74) is 1.70. The standard InChI is InChI=1S/C22H31N3O3S/c1-8-25(21(27)28-22(5,6)7)13-16-11-9-10-12-17(16)24-19(26)18-15(4)23-20(29-18)14(2)3/h9-12,14H,8,13H2,1-7H3,(H,24,26). The Morgan fingerprint density at radius 2 is 1.90 bits per heavy atom. The molecule has 2 rings (SSSR count). The minimum Gasteiger partial charge on any atom is -0.444 e. The van der Waals surface area contributed by atoms with Crippen LogP contribution in [0.2, 0.25) is 0 Å². The van der Waals surface area contributed by atoms with Crippen molar-refractivity contribution in [3.05, 3.63) is 45.4 Å². The second-order valence-corrected chi connectivity index (χ2v) is 9.26. The number of nitrogens with one attached hydrogen (secondary N) is 1. The first-order valence-electron chi connectivity index (χ1n) is 9.86. The fourth-order valence-electron chi connectivity index (χ4n) is 2.67. The van der Waals surface area contributed by atoms with Gasteiger partial charge in [0.2, 0.25) is 0 Å². The molecule has 1 heterocycles. The number of carbonyl (C=O) groups is 2. The van der Waals surface area contributed by atoms with Crippen molar-refractivity contribution in [3.63, 3.8) is 0 Å². The first-order chi connectivity index (χ1) is 13.5. The number of nitrogens with zero attached hydrogens (tertiary/aromatic N) is 2. The zero-order valence-corrected chi connectivity index (χ0v) is 19.1. The predicted molar refractivity (Wildman–Crippen MR) is 118 cm³/mol. The average molecular weight is 418 g/mol. The number of hydrogen-bond acceptors (Lipinski definition) is 5. The Kier molecular flexibility index (Phi) is 7.41. The molecule has 1 aromatic carbocycles. The molecule has 1 N–H and O–H groups in total. The van der Waals surface area contributed by atoms with Gasteiger partial charge in [-0.3, -0.25) is 4.79 Å². The number of amides is 2. The second kappa shape index (κ2) is 9.39. The largest absolute Gasteiger partial charge is 0.444 e. The molecule has 0 aliphatic carbocycles. The molecule has 0 radical (unpaired) electrons. The number of ether oxygens (including phenoxy) is 1. The third-order valence-electron chi connectivity index (χ3n) is 4.17. The predicted octanol–water partition coefficient (Wildman–Crippen LogP) is 5.58. The number of carbonyl (C=O) groups excluding carboxylic acids is 2. The van der Waals surface area contributed by atoms with E-state index in [2.05, 4.69) is 24.1 Å². The van der Waals surface area contributed by atoms with Gasteiger partial charge < -0.3 is 15.0 Å². The van der Waals surface area contributed by atoms with Crippen molar-refractivity contribution in [1.82, 2.24) is 9.88 Å². The van der Waals surface area contributed by atoms with Crippen LogP contribution >= 0.6 is 11.3 Å². The molecule has 7 heteroatoms. The molecule has 0 bridgehead atoms. The van der Waals surface area contributed by atoms with E-state index in [1.165, 1.54) is 11.3 Å². The zero-order valence-electron chi connectivity index (χ0n) is 18.3. The molecule has 0 atom stereocenters. The average Bonchev–Trinajstić information content (AvgIpc) is 3.01. The molecule has 0 fully saturated rings. The molecule has 0 unspecified atom stereocenters. The van der Waals surface area contributed by atoms with Crippen molar-refractivity contribution < 1.29 is 14.3 Å². The van der Waals surface area contributed by atoms with Crippen LogP contribution in [0.3, 0.4) is 0 Å². The van der Waals surface area contributed by atoms with Crippen molar-refractivity contribution in [2.75, 3.05) is 11.9 Å². The Morgan fingerprint density at radius 1 is 1.24 bits per heavy atom. The Balaban J connectivity index is 2.20. The van der Waals surface area contributed by atoms with Crippen LogP contribution < -0.4 is 5.32 Å². The lowest BCUT2D eigenvalue weighted by atomic mass is 10.1. The lowest BCUT2D eigenvalue weighted by Gasteiger charge is -2.27. The zero-order chi connectivity index (χ0) is 21.8. The molecule has 6 nitrogen and oxygen atoms in total. The van der Waals surface area contributed by atoms with E-state index < -0.39 is 5.60 Å². The SMILES string of the molecule is CCN(Cc1ccccc1NC(=O)c1sc(C(C)C)nc1C)C(=O)OC(C)(C)C. The van der Waals surface area contributed by atoms with E-state index in [1.54, 1.807) is 4.90 Å². The van der Waals surface area contributed by atoms with Gasteiger partial charge in [0, 0.05) is 18.2 Å². The highest BCUT2D eigenvalue weighted by Crippen LogP contribution is 2.26. The summed E-state index contributed by atoms with van der Waals surface area (Å²) in [5.74, 6) is 0.0964. The number of hydrogen-bond donors (Lipinski definition) is 1. The van der Waals surface area contributed by atoms with Gasteiger partial charge in [-0.25, -0.2) is 9.78 Å². The molecular weight excluding hydrogens is 386 g/mol. The number of para-hydroxylation sites is 1. The first kappa shape index (κ1) is 22.9. The smallest absolute Gasteiger partial charge is 0.410 e. The van der Waals surface area contributed by atoms with Crippen LogP contribution in [0.5, 0.6) is 0 Å². The molecule has 0 aliphatic heterocycles. The van der Waals surface area contributed by atoms with Crippen LogP contribution in [0.15, 0.2) is 24.3 Å². The molecule has 29 heavy (non-hydrogen) atoms. The maximum absolute atomic E-state index is 12.9. The topological polar surface area (TPSA) is 71.5 Å². The Labute approximate surface area is 177 Å². The van der Waals surface area contributed by atoms with Gasteiger partial charge in [0.05, 0.1) is 17.2 Å². The summed E-state index contributed by atoms with van der Waals surface area (Å²) in [6.07, 6.45) is -0.374. The van der Waals surface area contributed by atoms with Gasteiger partial charge in [0.1, 0.15) is 10.5 Å². The maximum atomic E-state index is 12.9. The third kappa shape index (κ3) is 6.29. The van der Waals surface area contributed by atoms with E-state index in [1.807, 2.05) is 58.9 Å². The van der Waals surface area contributed by atoms with Crippen LogP contribution in [0.25, 0.3) is 0 Å². The van der Waals surface area contributed by atoms with E-state index in [9.17, 15) is 9.59 Å². The molecule has 158 valence electrons. The number of anilines is 1. The highest BCUT2D eigenvalue weighted by atomic mass is 32.1. The van der Waals surface area contributed by atoms with Gasteiger partial charge in [-0.2, -0.15) is 0 Å². The van der Waals surface area contributed by atoms with Crippen molar-refractivity contribution in [2.24, 2.45) is 0 Å². The van der Waals surface area contributed by atoms with E-state index in [4.69, 9.17) is 4.74 Å². The minimum absolute atomic E-state index is 0.181. The fourth-order valence-corrected chi connectivity index (χ4v) is 3.64. The Hall–Kier alpha value is -2.41. The van der Waals surface area contributed by atoms with Gasteiger partial charge >= 0.3 is 6.09 Å². The first-order valence-corrected chi connectivity index (χ1v) is 10.7. The van der Waals surface area contributed by atoms with Gasteiger partial charge in [-0.15, -0.1) is 11.3 Å². The number of aromatic nitrogens is 1. The molecule has 1 aromatic heterocycles. The van der Waals surface area contributed by atoms with Crippen molar-refractivity contribution in [3.8, 4) is 0 Å². The summed E-state index contributed by atoms with van der Waals surface area (Å²) in [6.45, 7) is 14.3. The number of aryl methyl sites for hydroxylation is 1. The Morgan fingerprint density at radius 3 is 2.45 bits per heavy atom. The maximum Gasteiger partial charge on any atom is 0.410 e. The normalized spacial score (nSPS) is 11.4. The van der Waals surface area contributed by atoms with Crippen molar-refractivity contribution in [1.29, 1.82) is 0 Å². The van der Waals surface area contributed by atoms with E-state index in [0.717, 1.165) is 16.3 Å². The summed E-state index contributed by atoms with van der Waals surface area (Å²) < 4.78 is 5.49. The number of benzene rings is 1. The molecule has 0 saturated carbocycles. The molecule has 0 saturated heterocycles. The molecule has 0 spiro atoms. The van der Waals surface area contributed by atoms with E-state index in [-0.39, 0.29) is 17.9 Å². The van der Waals surface area contributed by atoms with Crippen LogP contribution in [0, 0.1) is 6.92 Å². The fraction of sp³-hybridized carbons (Fsp3) is 0.500. The van der Waals surface area contributed by atoms with Gasteiger partial charge in [-0.1, -0.05) is 32.0 Å². The summed E-state index contributed by atoms with van der Waals surface area (Å²) in [4.78, 5) is 32.1. The highest BCUT2D eigenvalue weighted by molar-refractivity contribution is 7.14. The van der Waals surface area contributed by atoms with Crippen molar-refractivity contribution in [2.45, 2.75) is 66.5 Å². The molecular formula is C22H31N3O3S. The van der Waals surface area contributed by atoms with Crippen molar-refractivity contribution >= 4 is 29.0 Å². The van der Waals surface area contributed by atoms with Gasteiger partial charge in [0.15, 0.2) is 0 Å². The van der Waals surface area contributed by atoms with Crippen LogP contribution in [-0.4, -0.2) is 34.0 Å². The van der Waals surface area contributed by atoms with Gasteiger partial charge in [0.25, 0.3) is 5.91 Å². The second-order valence-electron chi connectivity index (χ2n) is 8.23. The van der Waals surface area contributed by atoms with Gasteiger partial charge in [-0.05, 0) is 46.2 Å². The number of rotatable bonds is 6. The molecule has 2 aromatic rings. The third-order valence-corrected chi connectivity index (χ3v) is 5.63. The molecule has 0 aliphatic rings. The van der Waals surface area contributed by atoms with E-state index >= 15 is 0 Å². The lowest BCUT2D eigenvalue weighted by Crippen LogP contribution is -2.36. The summed E-state index contributed by atoms with van der Waals surface area (Å²) in [6, 6.07) is 7.50. The van der Waals surface area contributed by atoms with Crippen LogP contribution in [-0.2, 0) is 11.3 Å². The summed E-state index contributed by atoms with van der Waals surface area (Å²) in [7, 11) is 0. The summed E-state index contributed by atoms with van der Waals surface area (Å²) >= 11 is 1.42.